The topological polar surface area (TPSA) is 219 Å². The highest BCUT2D eigenvalue weighted by Crippen LogP contribution is 2.30. The molecule has 0 spiro atoms. The van der Waals surface area contributed by atoms with Gasteiger partial charge in [-0.05, 0) is 69.1 Å². The number of hydrogen-bond acceptors (Lipinski definition) is 9. The fourth-order valence-corrected chi connectivity index (χ4v) is 6.79. The highest BCUT2D eigenvalue weighted by Gasteiger charge is 2.36. The summed E-state index contributed by atoms with van der Waals surface area (Å²) in [4.78, 5) is 96.1. The van der Waals surface area contributed by atoms with Crippen molar-refractivity contribution in [3.8, 4) is 0 Å². The number of nitrogens with zero attached hydrogens (tertiary/aromatic N) is 1. The van der Waals surface area contributed by atoms with Crippen molar-refractivity contribution >= 4 is 41.3 Å². The van der Waals surface area contributed by atoms with Gasteiger partial charge >= 0.3 is 6.15 Å². The quantitative estimate of drug-likeness (QED) is 0.0875. The lowest BCUT2D eigenvalue weighted by Crippen LogP contribution is -2.51. The third-order valence-corrected chi connectivity index (χ3v) is 10.1. The number of nitrogens with one attached hydrogen (secondary N) is 3. The molecule has 6 N–H and O–H groups in total. The summed E-state index contributed by atoms with van der Waals surface area (Å²) in [6.07, 6.45) is 5.32. The van der Waals surface area contributed by atoms with Crippen LogP contribution in [0, 0.1) is 24.7 Å². The number of carbonyl (C=O) groups is 6. The van der Waals surface area contributed by atoms with Crippen molar-refractivity contribution in [2.45, 2.75) is 96.2 Å². The number of primary amides is 1. The zero-order valence-corrected chi connectivity index (χ0v) is 33.4. The number of hydrogen-bond donors (Lipinski definition) is 5. The standard InChI is InChI=1S/C41H59N5O7.CO2/c1-27-18-20-31(21-19-27)40(52)43-33(24-29-13-7-6-8-14-29)35(48)23-28(2)39(51)45-37(30-15-9-10-16-30)36(49)25-32(17-11-12-22-46(3,4)5)41(53)44-34(26-47)38(42)50;2-1-3/h6-8,13-14,18-21,28,30,32-34,37,47H,9-12,15-17,22-26H2,1-5H3,(H4-,42,43,44,45,50,51,52,53);/p+1/t28-,32-,33+,34-,37+;/m1./s1. The summed E-state index contributed by atoms with van der Waals surface area (Å²) in [5.41, 5.74) is 7.63. The highest BCUT2D eigenvalue weighted by atomic mass is 16.3. The Morgan fingerprint density at radius 1 is 0.821 bits per heavy atom. The summed E-state index contributed by atoms with van der Waals surface area (Å²) in [5.74, 6) is -4.58. The second-order valence-electron chi connectivity index (χ2n) is 15.8. The largest absolute Gasteiger partial charge is 0.394 e. The van der Waals surface area contributed by atoms with Crippen LogP contribution in [0.25, 0.3) is 0 Å². The molecule has 2 aromatic carbocycles. The SMILES string of the molecule is Cc1ccc(C(=O)N[C@@H](Cc2ccccc2)C(=O)C[C@@H](C)C(=O)N[C@H](C(=O)C[C@@H](CCCC[N+](C)(C)C)C(=O)N[C@H](CO)C(N)=O)C2CCCC2)cc1.O=C=O. The first-order valence-corrected chi connectivity index (χ1v) is 19.3. The van der Waals surface area contributed by atoms with Crippen LogP contribution in [-0.4, -0.2) is 103 Å². The predicted molar refractivity (Wildman–Crippen MR) is 208 cm³/mol. The predicted octanol–water partition coefficient (Wildman–Crippen LogP) is 2.44. The van der Waals surface area contributed by atoms with E-state index in [1.807, 2.05) is 49.4 Å². The van der Waals surface area contributed by atoms with Crippen LogP contribution in [-0.2, 0) is 40.0 Å². The third-order valence-electron chi connectivity index (χ3n) is 10.1. The zero-order valence-electron chi connectivity index (χ0n) is 33.4. The first kappa shape index (κ1) is 47.1. The molecule has 14 nitrogen and oxygen atoms in total. The molecular formula is C42H60N5O9+. The smallest absolute Gasteiger partial charge is 0.373 e. The van der Waals surface area contributed by atoms with E-state index in [0.29, 0.717) is 18.4 Å². The summed E-state index contributed by atoms with van der Waals surface area (Å²) in [5, 5.41) is 17.9. The van der Waals surface area contributed by atoms with Crippen LogP contribution in [0.3, 0.4) is 0 Å². The molecule has 56 heavy (non-hydrogen) atoms. The van der Waals surface area contributed by atoms with E-state index < -0.39 is 54.3 Å². The number of ketones is 2. The molecule has 1 aliphatic rings. The highest BCUT2D eigenvalue weighted by molar-refractivity contribution is 5.99. The monoisotopic (exact) mass is 778 g/mol. The molecule has 0 bridgehead atoms. The van der Waals surface area contributed by atoms with Gasteiger partial charge in [-0.3, -0.25) is 28.8 Å². The molecule has 3 rings (SSSR count). The minimum absolute atomic E-state index is 0.119. The van der Waals surface area contributed by atoms with Crippen molar-refractivity contribution in [1.82, 2.24) is 16.0 Å². The first-order chi connectivity index (χ1) is 26.5. The molecule has 306 valence electrons. The van der Waals surface area contributed by atoms with Crippen LogP contribution in [0.5, 0.6) is 0 Å². The molecule has 0 saturated heterocycles. The second kappa shape index (κ2) is 23.8. The molecule has 1 saturated carbocycles. The van der Waals surface area contributed by atoms with Gasteiger partial charge in [0.05, 0.1) is 46.4 Å². The summed E-state index contributed by atoms with van der Waals surface area (Å²) in [6, 6.07) is 13.4. The Bertz CT molecular complexity index is 1630. The van der Waals surface area contributed by atoms with E-state index in [0.717, 1.165) is 54.3 Å². The van der Waals surface area contributed by atoms with Gasteiger partial charge in [0.1, 0.15) is 6.04 Å². The number of aryl methyl sites for hydroxylation is 1. The molecule has 0 radical (unpaired) electrons. The molecule has 14 heteroatoms. The number of quaternary nitrogens is 1. The fraction of sp³-hybridized carbons (Fsp3) is 0.548. The maximum absolute atomic E-state index is 14.0. The number of Topliss-reactive ketones (excluding diaryl/α,β-unsaturated/α-hetero) is 2. The van der Waals surface area contributed by atoms with Crippen molar-refractivity contribution in [2.75, 3.05) is 34.3 Å². The van der Waals surface area contributed by atoms with E-state index in [2.05, 4.69) is 37.1 Å². The van der Waals surface area contributed by atoms with Crippen LogP contribution < -0.4 is 21.7 Å². The molecule has 1 aliphatic carbocycles. The number of unbranched alkanes of at least 4 members (excludes halogenated alkanes) is 1. The lowest BCUT2D eigenvalue weighted by Gasteiger charge is -2.28. The maximum Gasteiger partial charge on any atom is 0.373 e. The third kappa shape index (κ3) is 16.8. The average molecular weight is 779 g/mol. The molecule has 0 aromatic heterocycles. The lowest BCUT2D eigenvalue weighted by molar-refractivity contribution is -0.870. The number of benzene rings is 2. The number of rotatable bonds is 22. The van der Waals surface area contributed by atoms with Gasteiger partial charge in [-0.1, -0.05) is 67.8 Å². The van der Waals surface area contributed by atoms with Crippen molar-refractivity contribution < 1.29 is 47.9 Å². The molecule has 0 aliphatic heterocycles. The van der Waals surface area contributed by atoms with Gasteiger partial charge in [-0.15, -0.1) is 0 Å². The molecular weight excluding hydrogens is 718 g/mol. The Labute approximate surface area is 329 Å². The van der Waals surface area contributed by atoms with E-state index in [1.54, 1.807) is 19.1 Å². The van der Waals surface area contributed by atoms with Crippen LogP contribution in [0.2, 0.25) is 0 Å². The maximum atomic E-state index is 14.0. The second-order valence-corrected chi connectivity index (χ2v) is 15.8. The molecule has 2 aromatic rings. The molecule has 4 amide bonds. The molecule has 1 fully saturated rings. The average Bonchev–Trinajstić information content (AvgIpc) is 3.68. The van der Waals surface area contributed by atoms with Crippen molar-refractivity contribution in [1.29, 1.82) is 0 Å². The van der Waals surface area contributed by atoms with Gasteiger partial charge in [-0.25, -0.2) is 0 Å². The summed E-state index contributed by atoms with van der Waals surface area (Å²) >= 11 is 0. The van der Waals surface area contributed by atoms with Gasteiger partial charge in [-0.2, -0.15) is 9.59 Å². The number of amides is 4. The zero-order chi connectivity index (χ0) is 41.8. The Hall–Kier alpha value is -5.04. The van der Waals surface area contributed by atoms with Crippen LogP contribution in [0.4, 0.5) is 0 Å². The normalized spacial score (nSPS) is 15.4. The minimum Gasteiger partial charge on any atom is -0.394 e. The van der Waals surface area contributed by atoms with Gasteiger partial charge in [0.25, 0.3) is 5.91 Å². The molecule has 5 atom stereocenters. The summed E-state index contributed by atoms with van der Waals surface area (Å²) in [6.45, 7) is 3.75. The van der Waals surface area contributed by atoms with Gasteiger partial charge < -0.3 is 31.3 Å². The Morgan fingerprint density at radius 3 is 1.98 bits per heavy atom. The van der Waals surface area contributed by atoms with Crippen molar-refractivity contribution in [3.63, 3.8) is 0 Å². The van der Waals surface area contributed by atoms with Gasteiger partial charge in [0, 0.05) is 30.2 Å². The van der Waals surface area contributed by atoms with Crippen LogP contribution in [0.1, 0.15) is 86.2 Å². The summed E-state index contributed by atoms with van der Waals surface area (Å²) in [7, 11) is 6.21. The molecule has 0 unspecified atom stereocenters. The number of aliphatic hydroxyl groups excluding tert-OH is 1. The number of aliphatic hydroxyl groups is 1. The summed E-state index contributed by atoms with van der Waals surface area (Å²) < 4.78 is 0.743. The Morgan fingerprint density at radius 2 is 1.43 bits per heavy atom. The van der Waals surface area contributed by atoms with E-state index in [4.69, 9.17) is 15.3 Å². The number of carbonyl (C=O) groups excluding carboxylic acids is 8. The van der Waals surface area contributed by atoms with E-state index in [1.165, 1.54) is 0 Å². The Balaban J connectivity index is 0.00000349. The minimum atomic E-state index is -1.28. The lowest BCUT2D eigenvalue weighted by atomic mass is 9.86. The van der Waals surface area contributed by atoms with Crippen molar-refractivity contribution in [3.05, 3.63) is 71.3 Å². The molecule has 0 heterocycles. The number of nitrogens with two attached hydrogens (primary N) is 1. The van der Waals surface area contributed by atoms with E-state index in [9.17, 15) is 33.9 Å². The van der Waals surface area contributed by atoms with Crippen molar-refractivity contribution in [2.24, 2.45) is 23.5 Å². The van der Waals surface area contributed by atoms with Gasteiger partial charge in [0.15, 0.2) is 11.6 Å². The van der Waals surface area contributed by atoms with Crippen LogP contribution >= 0.6 is 0 Å². The first-order valence-electron chi connectivity index (χ1n) is 19.3. The van der Waals surface area contributed by atoms with Gasteiger partial charge in [0.2, 0.25) is 17.7 Å². The van der Waals surface area contributed by atoms with Crippen LogP contribution in [0.15, 0.2) is 54.6 Å². The fourth-order valence-electron chi connectivity index (χ4n) is 6.79. The Kier molecular flexibility index (Phi) is 20.0. The van der Waals surface area contributed by atoms with E-state index in [-0.39, 0.29) is 48.8 Å². The van der Waals surface area contributed by atoms with E-state index >= 15 is 0 Å².